The third-order valence-corrected chi connectivity index (χ3v) is 3.79. The number of carbonyl (C=O) groups is 1. The lowest BCUT2D eigenvalue weighted by molar-refractivity contribution is 0.0937. The van der Waals surface area contributed by atoms with Gasteiger partial charge in [0, 0.05) is 23.8 Å². The topological polar surface area (TPSA) is 63.5 Å². The summed E-state index contributed by atoms with van der Waals surface area (Å²) in [6.07, 6.45) is 2.10. The number of hydrogen-bond acceptors (Lipinski definition) is 4. The Kier molecular flexibility index (Phi) is 3.94. The Labute approximate surface area is 121 Å². The van der Waals surface area contributed by atoms with Gasteiger partial charge in [-0.05, 0) is 11.8 Å². The lowest BCUT2D eigenvalue weighted by atomic mass is 9.97. The molecule has 0 aliphatic carbocycles. The zero-order chi connectivity index (χ0) is 14.9. The van der Waals surface area contributed by atoms with E-state index in [0.717, 1.165) is 12.1 Å². The van der Waals surface area contributed by atoms with E-state index in [1.165, 1.54) is 21.9 Å². The molecule has 108 valence electrons. The fourth-order valence-electron chi connectivity index (χ4n) is 1.79. The van der Waals surface area contributed by atoms with E-state index in [4.69, 9.17) is 0 Å². The molecule has 1 N–H and O–H groups in total. The van der Waals surface area contributed by atoms with Crippen molar-refractivity contribution in [2.45, 2.75) is 34.1 Å². The number of rotatable bonds is 3. The van der Waals surface area contributed by atoms with Crippen LogP contribution in [0.25, 0.3) is 4.96 Å². The van der Waals surface area contributed by atoms with Gasteiger partial charge in [0.25, 0.3) is 11.5 Å². The second-order valence-corrected chi connectivity index (χ2v) is 6.76. The SMILES string of the molecule is CCc1csc2ncc(C(=O)NCC(C)(C)C)c(=O)n12. The van der Waals surface area contributed by atoms with E-state index in [9.17, 15) is 9.59 Å². The van der Waals surface area contributed by atoms with Crippen molar-refractivity contribution in [1.29, 1.82) is 0 Å². The van der Waals surface area contributed by atoms with Gasteiger partial charge in [0.1, 0.15) is 5.56 Å². The van der Waals surface area contributed by atoms with Gasteiger partial charge in [-0.2, -0.15) is 0 Å². The molecule has 5 nitrogen and oxygen atoms in total. The van der Waals surface area contributed by atoms with Crippen molar-refractivity contribution in [3.8, 4) is 0 Å². The first-order valence-corrected chi connectivity index (χ1v) is 7.48. The number of aromatic nitrogens is 2. The van der Waals surface area contributed by atoms with Crippen molar-refractivity contribution in [1.82, 2.24) is 14.7 Å². The van der Waals surface area contributed by atoms with Gasteiger partial charge in [-0.25, -0.2) is 4.98 Å². The molecule has 0 aliphatic heterocycles. The third-order valence-electron chi connectivity index (χ3n) is 2.90. The van der Waals surface area contributed by atoms with E-state index in [-0.39, 0.29) is 22.4 Å². The largest absolute Gasteiger partial charge is 0.351 e. The van der Waals surface area contributed by atoms with Gasteiger partial charge in [-0.1, -0.05) is 27.7 Å². The van der Waals surface area contributed by atoms with Gasteiger partial charge in [-0.15, -0.1) is 11.3 Å². The first kappa shape index (κ1) is 14.7. The minimum Gasteiger partial charge on any atom is -0.351 e. The van der Waals surface area contributed by atoms with E-state index in [0.29, 0.717) is 11.5 Å². The second kappa shape index (κ2) is 5.36. The molecule has 0 unspecified atom stereocenters. The average Bonchev–Trinajstić information content (AvgIpc) is 2.79. The first-order chi connectivity index (χ1) is 9.33. The molecular weight excluding hydrogens is 274 g/mol. The predicted octanol–water partition coefficient (Wildman–Crippen LogP) is 2.09. The molecular formula is C14H19N3O2S. The van der Waals surface area contributed by atoms with Crippen LogP contribution in [0.5, 0.6) is 0 Å². The maximum Gasteiger partial charge on any atom is 0.271 e. The van der Waals surface area contributed by atoms with E-state index in [1.54, 1.807) is 0 Å². The molecule has 0 spiro atoms. The van der Waals surface area contributed by atoms with Gasteiger partial charge in [0.05, 0.1) is 0 Å². The van der Waals surface area contributed by atoms with Crippen molar-refractivity contribution < 1.29 is 4.79 Å². The predicted molar refractivity (Wildman–Crippen MR) is 80.5 cm³/mol. The Morgan fingerprint density at radius 2 is 2.15 bits per heavy atom. The summed E-state index contributed by atoms with van der Waals surface area (Å²) in [6.45, 7) is 8.56. The van der Waals surface area contributed by atoms with Crippen LogP contribution in [0.15, 0.2) is 16.4 Å². The van der Waals surface area contributed by atoms with Crippen LogP contribution in [0, 0.1) is 5.41 Å². The Morgan fingerprint density at radius 3 is 2.75 bits per heavy atom. The van der Waals surface area contributed by atoms with E-state index < -0.39 is 0 Å². The molecule has 0 aromatic carbocycles. The van der Waals surface area contributed by atoms with Crippen LogP contribution in [0.2, 0.25) is 0 Å². The van der Waals surface area contributed by atoms with E-state index in [2.05, 4.69) is 10.3 Å². The summed E-state index contributed by atoms with van der Waals surface area (Å²) in [5.74, 6) is -0.361. The van der Waals surface area contributed by atoms with Crippen molar-refractivity contribution in [3.05, 3.63) is 33.2 Å². The molecule has 1 amide bonds. The normalized spacial score (nSPS) is 11.8. The van der Waals surface area contributed by atoms with Crippen molar-refractivity contribution >= 4 is 22.2 Å². The molecule has 0 saturated carbocycles. The van der Waals surface area contributed by atoms with Gasteiger partial charge in [0.15, 0.2) is 4.96 Å². The minimum absolute atomic E-state index is 0.0274. The van der Waals surface area contributed by atoms with Gasteiger partial charge in [-0.3, -0.25) is 14.0 Å². The summed E-state index contributed by atoms with van der Waals surface area (Å²) in [5, 5.41) is 4.69. The number of fused-ring (bicyclic) bond motifs is 1. The molecule has 2 aromatic heterocycles. The summed E-state index contributed by atoms with van der Waals surface area (Å²) in [7, 11) is 0. The number of hydrogen-bond donors (Lipinski definition) is 1. The minimum atomic E-state index is -0.361. The molecule has 2 aromatic rings. The Balaban J connectivity index is 2.38. The first-order valence-electron chi connectivity index (χ1n) is 6.60. The van der Waals surface area contributed by atoms with Crippen molar-refractivity contribution in [2.24, 2.45) is 5.41 Å². The molecule has 0 aliphatic rings. The maximum absolute atomic E-state index is 12.4. The van der Waals surface area contributed by atoms with Crippen molar-refractivity contribution in [3.63, 3.8) is 0 Å². The molecule has 0 bridgehead atoms. The zero-order valence-corrected chi connectivity index (χ0v) is 13.0. The van der Waals surface area contributed by atoms with Gasteiger partial charge >= 0.3 is 0 Å². The Hall–Kier alpha value is -1.69. The standard InChI is InChI=1S/C14H19N3O2S/c1-5-9-7-20-13-15-6-10(12(19)17(9)13)11(18)16-8-14(2,3)4/h6-7H,5,8H2,1-4H3,(H,16,18). The smallest absolute Gasteiger partial charge is 0.271 e. The molecule has 20 heavy (non-hydrogen) atoms. The second-order valence-electron chi connectivity index (χ2n) is 5.92. The lowest BCUT2D eigenvalue weighted by Gasteiger charge is -2.18. The summed E-state index contributed by atoms with van der Waals surface area (Å²) in [6, 6.07) is 0. The number of nitrogens with zero attached hydrogens (tertiary/aromatic N) is 2. The Bertz CT molecular complexity index is 694. The summed E-state index contributed by atoms with van der Waals surface area (Å²) < 4.78 is 1.52. The highest BCUT2D eigenvalue weighted by molar-refractivity contribution is 7.15. The van der Waals surface area contributed by atoms with E-state index in [1.807, 2.05) is 33.1 Å². The summed E-state index contributed by atoms with van der Waals surface area (Å²) >= 11 is 1.41. The number of nitrogens with one attached hydrogen (secondary N) is 1. The Morgan fingerprint density at radius 1 is 1.45 bits per heavy atom. The van der Waals surface area contributed by atoms with E-state index >= 15 is 0 Å². The summed E-state index contributed by atoms with van der Waals surface area (Å²) in [5.41, 5.74) is 0.660. The molecule has 6 heteroatoms. The maximum atomic E-state index is 12.4. The van der Waals surface area contributed by atoms with Crippen LogP contribution >= 0.6 is 11.3 Å². The highest BCUT2D eigenvalue weighted by atomic mass is 32.1. The van der Waals surface area contributed by atoms with Crippen LogP contribution in [0.1, 0.15) is 43.7 Å². The van der Waals surface area contributed by atoms with Crippen LogP contribution in [0.3, 0.4) is 0 Å². The fourth-order valence-corrected chi connectivity index (χ4v) is 2.72. The van der Waals surface area contributed by atoms with Gasteiger partial charge < -0.3 is 5.32 Å². The zero-order valence-electron chi connectivity index (χ0n) is 12.2. The number of thiazole rings is 1. The molecule has 0 atom stereocenters. The average molecular weight is 293 g/mol. The quantitative estimate of drug-likeness (QED) is 0.942. The lowest BCUT2D eigenvalue weighted by Crippen LogP contribution is -2.36. The van der Waals surface area contributed by atoms with Crippen LogP contribution in [0.4, 0.5) is 0 Å². The fraction of sp³-hybridized carbons (Fsp3) is 0.500. The van der Waals surface area contributed by atoms with Crippen LogP contribution in [-0.4, -0.2) is 21.8 Å². The van der Waals surface area contributed by atoms with Gasteiger partial charge in [0.2, 0.25) is 0 Å². The van der Waals surface area contributed by atoms with Crippen molar-refractivity contribution in [2.75, 3.05) is 6.54 Å². The van der Waals surface area contributed by atoms with Crippen LogP contribution in [-0.2, 0) is 6.42 Å². The molecule has 2 rings (SSSR count). The molecule has 0 fully saturated rings. The molecule has 0 saturated heterocycles. The molecule has 0 radical (unpaired) electrons. The van der Waals surface area contributed by atoms with Crippen LogP contribution < -0.4 is 10.9 Å². The highest BCUT2D eigenvalue weighted by Gasteiger charge is 2.18. The third kappa shape index (κ3) is 2.90. The number of amides is 1. The number of aryl methyl sites for hydroxylation is 1. The molecule has 2 heterocycles. The monoisotopic (exact) mass is 293 g/mol. The highest BCUT2D eigenvalue weighted by Crippen LogP contribution is 2.13. The summed E-state index contributed by atoms with van der Waals surface area (Å²) in [4.78, 5) is 29.3. The number of carbonyl (C=O) groups excluding carboxylic acids is 1.